The first-order valence-corrected chi connectivity index (χ1v) is 5.43. The molecule has 0 aliphatic rings. The molecule has 0 fully saturated rings. The van der Waals surface area contributed by atoms with Crippen LogP contribution in [0.5, 0.6) is 0 Å². The van der Waals surface area contributed by atoms with Crippen LogP contribution in [0.25, 0.3) is 0 Å². The monoisotopic (exact) mass is 245 g/mol. The topological polar surface area (TPSA) is 67.2 Å². The predicted molar refractivity (Wildman–Crippen MR) is 61.3 cm³/mol. The van der Waals surface area contributed by atoms with E-state index in [1.807, 2.05) is 13.8 Å². The number of carbonyl (C=O) groups is 1. The number of carboxylic acids is 1. The lowest BCUT2D eigenvalue weighted by Crippen LogP contribution is -2.40. The van der Waals surface area contributed by atoms with Crippen LogP contribution >= 0.6 is 11.6 Å². The molecule has 5 nitrogen and oxygen atoms in total. The number of imidazole rings is 1. The van der Waals surface area contributed by atoms with Crippen molar-refractivity contribution >= 4 is 17.6 Å². The molecule has 1 unspecified atom stereocenters. The van der Waals surface area contributed by atoms with Crippen LogP contribution < -0.4 is 5.32 Å². The second kappa shape index (κ2) is 5.32. The lowest BCUT2D eigenvalue weighted by Gasteiger charge is -2.17. The first-order chi connectivity index (χ1) is 7.43. The first-order valence-electron chi connectivity index (χ1n) is 5.05. The molecule has 0 bridgehead atoms. The summed E-state index contributed by atoms with van der Waals surface area (Å²) in [6.07, 6.45) is 1.55. The van der Waals surface area contributed by atoms with Crippen LogP contribution in [0.15, 0.2) is 6.20 Å². The van der Waals surface area contributed by atoms with Gasteiger partial charge in [-0.25, -0.2) is 4.98 Å². The van der Waals surface area contributed by atoms with E-state index in [0.717, 1.165) is 5.82 Å². The maximum Gasteiger partial charge on any atom is 0.320 e. The number of halogens is 1. The average molecular weight is 246 g/mol. The average Bonchev–Trinajstić information content (AvgIpc) is 2.48. The van der Waals surface area contributed by atoms with Gasteiger partial charge >= 0.3 is 5.97 Å². The van der Waals surface area contributed by atoms with E-state index in [2.05, 4.69) is 10.3 Å². The molecule has 1 aromatic heterocycles. The van der Waals surface area contributed by atoms with E-state index in [9.17, 15) is 4.79 Å². The van der Waals surface area contributed by atoms with Gasteiger partial charge < -0.3 is 9.67 Å². The maximum absolute atomic E-state index is 10.9. The van der Waals surface area contributed by atoms with E-state index in [-0.39, 0.29) is 5.92 Å². The fourth-order valence-corrected chi connectivity index (χ4v) is 1.54. The second-order valence-electron chi connectivity index (χ2n) is 4.00. The third-order valence-corrected chi connectivity index (χ3v) is 2.79. The maximum atomic E-state index is 10.9. The molecule has 0 aliphatic heterocycles. The van der Waals surface area contributed by atoms with Crippen molar-refractivity contribution in [3.05, 3.63) is 17.2 Å². The van der Waals surface area contributed by atoms with Crippen LogP contribution in [0.4, 0.5) is 0 Å². The van der Waals surface area contributed by atoms with Crippen molar-refractivity contribution < 1.29 is 9.90 Å². The molecule has 6 heteroatoms. The number of carboxylic acid groups (broad SMARTS) is 1. The summed E-state index contributed by atoms with van der Waals surface area (Å²) in [6, 6.07) is -0.574. The molecular formula is C10H16ClN3O2. The van der Waals surface area contributed by atoms with Crippen molar-refractivity contribution in [3.63, 3.8) is 0 Å². The zero-order valence-electron chi connectivity index (χ0n) is 9.57. The summed E-state index contributed by atoms with van der Waals surface area (Å²) in [5.74, 6) is -0.111. The highest BCUT2D eigenvalue weighted by atomic mass is 35.5. The van der Waals surface area contributed by atoms with Crippen molar-refractivity contribution in [1.82, 2.24) is 14.9 Å². The third kappa shape index (κ3) is 2.96. The Balaban J connectivity index is 2.62. The van der Waals surface area contributed by atoms with Crippen LogP contribution in [0, 0.1) is 5.92 Å². The van der Waals surface area contributed by atoms with Gasteiger partial charge in [0, 0.05) is 7.05 Å². The van der Waals surface area contributed by atoms with Crippen molar-refractivity contribution in [3.8, 4) is 0 Å². The Hall–Kier alpha value is -1.07. The predicted octanol–water partition coefficient (Wildman–Crippen LogP) is 1.27. The van der Waals surface area contributed by atoms with Gasteiger partial charge in [0.1, 0.15) is 17.0 Å². The SMILES string of the molecule is CC(C)C(NCc1ncc(Cl)n1C)C(=O)O. The molecule has 0 aromatic carbocycles. The molecule has 1 rings (SSSR count). The first kappa shape index (κ1) is 13.0. The van der Waals surface area contributed by atoms with Gasteiger partial charge in [-0.2, -0.15) is 0 Å². The number of hydrogen-bond acceptors (Lipinski definition) is 3. The molecule has 0 spiro atoms. The zero-order chi connectivity index (χ0) is 12.3. The molecule has 0 saturated heterocycles. The Morgan fingerprint density at radius 3 is 2.69 bits per heavy atom. The third-order valence-electron chi connectivity index (χ3n) is 2.44. The molecule has 0 radical (unpaired) electrons. The summed E-state index contributed by atoms with van der Waals surface area (Å²) in [7, 11) is 1.79. The summed E-state index contributed by atoms with van der Waals surface area (Å²) >= 11 is 5.83. The minimum atomic E-state index is -0.852. The lowest BCUT2D eigenvalue weighted by atomic mass is 10.1. The van der Waals surface area contributed by atoms with Gasteiger partial charge in [0.05, 0.1) is 12.7 Å². The summed E-state index contributed by atoms with van der Waals surface area (Å²) in [6.45, 7) is 4.10. The van der Waals surface area contributed by atoms with E-state index < -0.39 is 12.0 Å². The molecule has 0 amide bonds. The van der Waals surface area contributed by atoms with Crippen molar-refractivity contribution in [2.45, 2.75) is 26.4 Å². The Morgan fingerprint density at radius 2 is 2.31 bits per heavy atom. The number of nitrogens with one attached hydrogen (secondary N) is 1. The zero-order valence-corrected chi connectivity index (χ0v) is 10.3. The molecule has 1 heterocycles. The number of nitrogens with zero attached hydrogens (tertiary/aromatic N) is 2. The fraction of sp³-hybridized carbons (Fsp3) is 0.600. The lowest BCUT2D eigenvalue weighted by molar-refractivity contribution is -0.140. The standard InChI is InChI=1S/C10H16ClN3O2/c1-6(2)9(10(15)16)13-5-8-12-4-7(11)14(8)3/h4,6,9,13H,5H2,1-3H3,(H,15,16). The highest BCUT2D eigenvalue weighted by Crippen LogP contribution is 2.09. The number of rotatable bonds is 5. The Labute approximate surface area is 99.4 Å². The molecule has 2 N–H and O–H groups in total. The molecular weight excluding hydrogens is 230 g/mol. The Bertz CT molecular complexity index is 376. The van der Waals surface area contributed by atoms with Gasteiger partial charge in [0.25, 0.3) is 0 Å². The molecule has 1 aromatic rings. The largest absolute Gasteiger partial charge is 0.480 e. The molecule has 16 heavy (non-hydrogen) atoms. The van der Waals surface area contributed by atoms with Gasteiger partial charge in [-0.15, -0.1) is 0 Å². The molecule has 0 saturated carbocycles. The van der Waals surface area contributed by atoms with Crippen LogP contribution in [0.1, 0.15) is 19.7 Å². The Kier molecular flexibility index (Phi) is 4.32. The fourth-order valence-electron chi connectivity index (χ4n) is 1.40. The van der Waals surface area contributed by atoms with Crippen LogP contribution in [-0.4, -0.2) is 26.7 Å². The molecule has 90 valence electrons. The molecule has 1 atom stereocenters. The van der Waals surface area contributed by atoms with Crippen LogP contribution in [0.2, 0.25) is 5.15 Å². The van der Waals surface area contributed by atoms with Gasteiger partial charge in [0.15, 0.2) is 0 Å². The molecule has 0 aliphatic carbocycles. The van der Waals surface area contributed by atoms with E-state index in [4.69, 9.17) is 16.7 Å². The normalized spacial score (nSPS) is 13.1. The van der Waals surface area contributed by atoms with Crippen molar-refractivity contribution in [1.29, 1.82) is 0 Å². The number of aromatic nitrogens is 2. The summed E-state index contributed by atoms with van der Waals surface area (Å²) in [5.41, 5.74) is 0. The minimum Gasteiger partial charge on any atom is -0.480 e. The van der Waals surface area contributed by atoms with Gasteiger partial charge in [-0.1, -0.05) is 25.4 Å². The quantitative estimate of drug-likeness (QED) is 0.820. The summed E-state index contributed by atoms with van der Waals surface area (Å²) in [5, 5.41) is 12.5. The summed E-state index contributed by atoms with van der Waals surface area (Å²) in [4.78, 5) is 15.0. The van der Waals surface area contributed by atoms with E-state index in [0.29, 0.717) is 11.7 Å². The number of hydrogen-bond donors (Lipinski definition) is 2. The van der Waals surface area contributed by atoms with E-state index in [1.54, 1.807) is 17.8 Å². The van der Waals surface area contributed by atoms with E-state index in [1.165, 1.54) is 0 Å². The van der Waals surface area contributed by atoms with Gasteiger partial charge in [-0.3, -0.25) is 10.1 Å². The van der Waals surface area contributed by atoms with Crippen LogP contribution in [-0.2, 0) is 18.4 Å². The number of aliphatic carboxylic acids is 1. The Morgan fingerprint density at radius 1 is 1.69 bits per heavy atom. The smallest absolute Gasteiger partial charge is 0.320 e. The highest BCUT2D eigenvalue weighted by molar-refractivity contribution is 6.29. The van der Waals surface area contributed by atoms with E-state index >= 15 is 0 Å². The van der Waals surface area contributed by atoms with Crippen molar-refractivity contribution in [2.75, 3.05) is 0 Å². The van der Waals surface area contributed by atoms with Gasteiger partial charge in [0.2, 0.25) is 0 Å². The van der Waals surface area contributed by atoms with Crippen LogP contribution in [0.3, 0.4) is 0 Å². The highest BCUT2D eigenvalue weighted by Gasteiger charge is 2.21. The van der Waals surface area contributed by atoms with Gasteiger partial charge in [-0.05, 0) is 5.92 Å². The second-order valence-corrected chi connectivity index (χ2v) is 4.38. The summed E-state index contributed by atoms with van der Waals surface area (Å²) < 4.78 is 1.72. The minimum absolute atomic E-state index is 0.0215. The van der Waals surface area contributed by atoms with Crippen molar-refractivity contribution in [2.24, 2.45) is 13.0 Å².